The molecule has 1 aliphatic heterocycles. The molecular weight excluding hydrogens is 224 g/mol. The SMILES string of the molecule is COc1ccc(C)cc1C(C1CCNC1)N(C)C. The predicted octanol–water partition coefficient (Wildman–Crippen LogP) is 2.22. The maximum atomic E-state index is 5.54. The standard InChI is InChI=1S/C15H24N2O/c1-11-5-6-14(18-4)13(9-11)15(17(2)3)12-7-8-16-10-12/h5-6,9,12,15-16H,7-8,10H2,1-4H3. The van der Waals surface area contributed by atoms with Crippen LogP contribution in [0.3, 0.4) is 0 Å². The molecule has 1 saturated heterocycles. The Bertz CT molecular complexity index is 397. The van der Waals surface area contributed by atoms with E-state index in [-0.39, 0.29) is 0 Å². The second-order valence-corrected chi connectivity index (χ2v) is 5.41. The van der Waals surface area contributed by atoms with E-state index in [2.05, 4.69) is 49.4 Å². The van der Waals surface area contributed by atoms with Gasteiger partial charge in [-0.15, -0.1) is 0 Å². The smallest absolute Gasteiger partial charge is 0.123 e. The van der Waals surface area contributed by atoms with Crippen LogP contribution >= 0.6 is 0 Å². The van der Waals surface area contributed by atoms with Crippen molar-refractivity contribution in [1.82, 2.24) is 10.2 Å². The molecule has 0 saturated carbocycles. The minimum absolute atomic E-state index is 0.426. The molecule has 1 N–H and O–H groups in total. The summed E-state index contributed by atoms with van der Waals surface area (Å²) in [5.74, 6) is 1.67. The van der Waals surface area contributed by atoms with Crippen molar-refractivity contribution in [1.29, 1.82) is 0 Å². The van der Waals surface area contributed by atoms with Crippen molar-refractivity contribution in [3.05, 3.63) is 29.3 Å². The maximum Gasteiger partial charge on any atom is 0.123 e. The number of benzene rings is 1. The number of aryl methyl sites for hydroxylation is 1. The minimum atomic E-state index is 0.426. The monoisotopic (exact) mass is 248 g/mol. The summed E-state index contributed by atoms with van der Waals surface area (Å²) >= 11 is 0. The molecule has 1 aromatic rings. The van der Waals surface area contributed by atoms with E-state index in [1.54, 1.807) is 7.11 Å². The first kappa shape index (κ1) is 13.4. The first-order valence-corrected chi connectivity index (χ1v) is 6.65. The summed E-state index contributed by atoms with van der Waals surface area (Å²) in [6, 6.07) is 6.89. The summed E-state index contributed by atoms with van der Waals surface area (Å²) in [7, 11) is 6.07. The molecule has 3 nitrogen and oxygen atoms in total. The molecule has 1 heterocycles. The highest BCUT2D eigenvalue weighted by Crippen LogP contribution is 2.36. The molecule has 2 atom stereocenters. The van der Waals surface area contributed by atoms with Crippen LogP contribution in [0.4, 0.5) is 0 Å². The molecule has 0 bridgehead atoms. The Morgan fingerprint density at radius 3 is 2.72 bits per heavy atom. The van der Waals surface area contributed by atoms with Crippen molar-refractivity contribution in [2.45, 2.75) is 19.4 Å². The molecule has 3 heteroatoms. The van der Waals surface area contributed by atoms with Crippen LogP contribution < -0.4 is 10.1 Å². The van der Waals surface area contributed by atoms with E-state index in [1.165, 1.54) is 17.5 Å². The fourth-order valence-electron chi connectivity index (χ4n) is 2.99. The summed E-state index contributed by atoms with van der Waals surface area (Å²) in [5, 5.41) is 3.46. The summed E-state index contributed by atoms with van der Waals surface area (Å²) in [6.45, 7) is 4.37. The van der Waals surface area contributed by atoms with Crippen molar-refractivity contribution < 1.29 is 4.74 Å². The fourth-order valence-corrected chi connectivity index (χ4v) is 2.99. The summed E-state index contributed by atoms with van der Waals surface area (Å²) in [4.78, 5) is 2.31. The van der Waals surface area contributed by atoms with Gasteiger partial charge in [-0.2, -0.15) is 0 Å². The Kier molecular flexibility index (Phi) is 4.25. The van der Waals surface area contributed by atoms with Crippen molar-refractivity contribution in [3.8, 4) is 5.75 Å². The van der Waals surface area contributed by atoms with E-state index in [9.17, 15) is 0 Å². The zero-order chi connectivity index (χ0) is 13.1. The molecular formula is C15H24N2O. The number of ether oxygens (including phenoxy) is 1. The molecule has 18 heavy (non-hydrogen) atoms. The quantitative estimate of drug-likeness (QED) is 0.884. The second-order valence-electron chi connectivity index (χ2n) is 5.41. The molecule has 100 valence electrons. The van der Waals surface area contributed by atoms with Gasteiger partial charge in [0.1, 0.15) is 5.75 Å². The van der Waals surface area contributed by atoms with Gasteiger partial charge in [0.25, 0.3) is 0 Å². The summed E-state index contributed by atoms with van der Waals surface area (Å²) in [5.41, 5.74) is 2.61. The lowest BCUT2D eigenvalue weighted by atomic mass is 9.90. The second kappa shape index (κ2) is 5.72. The van der Waals surface area contributed by atoms with Crippen molar-refractivity contribution >= 4 is 0 Å². The van der Waals surface area contributed by atoms with Gasteiger partial charge in [-0.05, 0) is 52.5 Å². The van der Waals surface area contributed by atoms with E-state index in [0.29, 0.717) is 12.0 Å². The minimum Gasteiger partial charge on any atom is -0.496 e. The number of rotatable bonds is 4. The van der Waals surface area contributed by atoms with Crippen molar-refractivity contribution in [2.24, 2.45) is 5.92 Å². The van der Waals surface area contributed by atoms with E-state index in [0.717, 1.165) is 18.8 Å². The molecule has 1 aromatic carbocycles. The van der Waals surface area contributed by atoms with E-state index < -0.39 is 0 Å². The molecule has 1 aliphatic rings. The van der Waals surface area contributed by atoms with Gasteiger partial charge in [0.15, 0.2) is 0 Å². The van der Waals surface area contributed by atoms with Crippen LogP contribution in [0.25, 0.3) is 0 Å². The van der Waals surface area contributed by atoms with Gasteiger partial charge in [0, 0.05) is 11.6 Å². The third-order valence-corrected chi connectivity index (χ3v) is 3.81. The molecule has 0 aliphatic carbocycles. The van der Waals surface area contributed by atoms with Gasteiger partial charge in [-0.1, -0.05) is 17.7 Å². The van der Waals surface area contributed by atoms with E-state index >= 15 is 0 Å². The highest BCUT2D eigenvalue weighted by Gasteiger charge is 2.29. The molecule has 0 radical (unpaired) electrons. The first-order valence-electron chi connectivity index (χ1n) is 6.65. The van der Waals surface area contributed by atoms with Crippen LogP contribution in [0.1, 0.15) is 23.6 Å². The van der Waals surface area contributed by atoms with Crippen molar-refractivity contribution in [3.63, 3.8) is 0 Å². The van der Waals surface area contributed by atoms with Crippen LogP contribution in [0, 0.1) is 12.8 Å². The van der Waals surface area contributed by atoms with E-state index in [1.807, 2.05) is 0 Å². The lowest BCUT2D eigenvalue weighted by Crippen LogP contribution is -2.29. The summed E-state index contributed by atoms with van der Waals surface area (Å²) in [6.07, 6.45) is 1.24. The van der Waals surface area contributed by atoms with Gasteiger partial charge < -0.3 is 15.0 Å². The molecule has 0 aromatic heterocycles. The molecule has 0 spiro atoms. The van der Waals surface area contributed by atoms with Gasteiger partial charge in [0.2, 0.25) is 0 Å². The molecule has 0 amide bonds. The average Bonchev–Trinajstić information content (AvgIpc) is 2.83. The third kappa shape index (κ3) is 2.68. The van der Waals surface area contributed by atoms with Gasteiger partial charge in [-0.25, -0.2) is 0 Å². The van der Waals surface area contributed by atoms with Gasteiger partial charge in [0.05, 0.1) is 7.11 Å². The highest BCUT2D eigenvalue weighted by molar-refractivity contribution is 5.39. The van der Waals surface area contributed by atoms with Gasteiger partial charge in [-0.3, -0.25) is 0 Å². The number of nitrogens with one attached hydrogen (secondary N) is 1. The van der Waals surface area contributed by atoms with Crippen molar-refractivity contribution in [2.75, 3.05) is 34.3 Å². The maximum absolute atomic E-state index is 5.54. The van der Waals surface area contributed by atoms with Crippen LogP contribution in [0.15, 0.2) is 18.2 Å². The number of nitrogens with zero attached hydrogens (tertiary/aromatic N) is 1. The Hall–Kier alpha value is -1.06. The highest BCUT2D eigenvalue weighted by atomic mass is 16.5. The number of hydrogen-bond donors (Lipinski definition) is 1. The van der Waals surface area contributed by atoms with E-state index in [4.69, 9.17) is 4.74 Å². The Balaban J connectivity index is 2.37. The largest absolute Gasteiger partial charge is 0.496 e. The number of hydrogen-bond acceptors (Lipinski definition) is 3. The van der Waals surface area contributed by atoms with Gasteiger partial charge >= 0.3 is 0 Å². The topological polar surface area (TPSA) is 24.5 Å². The average molecular weight is 248 g/mol. The molecule has 2 rings (SSSR count). The van der Waals surface area contributed by atoms with Crippen LogP contribution in [0.5, 0.6) is 5.75 Å². The fraction of sp³-hybridized carbons (Fsp3) is 0.600. The van der Waals surface area contributed by atoms with Crippen LogP contribution in [0.2, 0.25) is 0 Å². The third-order valence-electron chi connectivity index (χ3n) is 3.81. The zero-order valence-electron chi connectivity index (χ0n) is 11.9. The first-order chi connectivity index (χ1) is 8.63. The lowest BCUT2D eigenvalue weighted by molar-refractivity contribution is 0.217. The Labute approximate surface area is 110 Å². The van der Waals surface area contributed by atoms with Crippen LogP contribution in [-0.4, -0.2) is 39.2 Å². The Morgan fingerprint density at radius 2 is 2.17 bits per heavy atom. The Morgan fingerprint density at radius 1 is 1.39 bits per heavy atom. The van der Waals surface area contributed by atoms with Crippen LogP contribution in [-0.2, 0) is 0 Å². The predicted molar refractivity (Wildman–Crippen MR) is 75.1 cm³/mol. The normalized spacial score (nSPS) is 21.3. The summed E-state index contributed by atoms with van der Waals surface area (Å²) < 4.78 is 5.54. The zero-order valence-corrected chi connectivity index (χ0v) is 11.9. The number of methoxy groups -OCH3 is 1. The molecule has 1 fully saturated rings. The lowest BCUT2D eigenvalue weighted by Gasteiger charge is -2.31. The molecule has 2 unspecified atom stereocenters.